The van der Waals surface area contributed by atoms with Gasteiger partial charge in [0.15, 0.2) is 0 Å². The van der Waals surface area contributed by atoms with Gasteiger partial charge in [0.05, 0.1) is 12.0 Å². The van der Waals surface area contributed by atoms with Crippen molar-refractivity contribution in [1.82, 2.24) is 5.06 Å². The van der Waals surface area contributed by atoms with Crippen LogP contribution in [-0.2, 0) is 11.4 Å². The van der Waals surface area contributed by atoms with Gasteiger partial charge in [-0.05, 0) is 30.5 Å². The lowest BCUT2D eigenvalue weighted by Gasteiger charge is -2.34. The summed E-state index contributed by atoms with van der Waals surface area (Å²) in [6.45, 7) is 1.41. The Hall–Kier alpha value is -1.79. The van der Waals surface area contributed by atoms with Gasteiger partial charge >= 0.3 is 0 Å². The van der Waals surface area contributed by atoms with Crippen LogP contribution < -0.4 is 0 Å². The van der Waals surface area contributed by atoms with Crippen LogP contribution in [0.2, 0.25) is 0 Å². The number of halogens is 1. The highest BCUT2D eigenvalue weighted by atomic mass is 35.5. The van der Waals surface area contributed by atoms with E-state index in [-0.39, 0.29) is 11.4 Å². The van der Waals surface area contributed by atoms with Crippen LogP contribution in [0.1, 0.15) is 24.0 Å². The predicted octanol–water partition coefficient (Wildman–Crippen LogP) is 4.24. The molecule has 1 aliphatic heterocycles. The molecule has 0 N–H and O–H groups in total. The number of hydroxylamine groups is 2. The van der Waals surface area contributed by atoms with Crippen LogP contribution in [0.15, 0.2) is 60.7 Å². The quantitative estimate of drug-likeness (QED) is 0.618. The van der Waals surface area contributed by atoms with Crippen LogP contribution >= 0.6 is 11.6 Å². The van der Waals surface area contributed by atoms with Crippen LogP contribution in [0.3, 0.4) is 0 Å². The summed E-state index contributed by atoms with van der Waals surface area (Å²) in [7, 11) is 0. The molecule has 3 rings (SSSR count). The SMILES string of the molecule is ClC1CCCN(OCc2ccccc2)C1C#Cc1ccccc1. The Morgan fingerprint density at radius 2 is 1.74 bits per heavy atom. The summed E-state index contributed by atoms with van der Waals surface area (Å²) in [5.74, 6) is 6.51. The first-order chi connectivity index (χ1) is 11.3. The van der Waals surface area contributed by atoms with Crippen molar-refractivity contribution >= 4 is 11.6 Å². The second kappa shape index (κ2) is 8.17. The van der Waals surface area contributed by atoms with E-state index in [2.05, 4.69) is 24.0 Å². The van der Waals surface area contributed by atoms with E-state index in [1.165, 1.54) is 0 Å². The average molecular weight is 326 g/mol. The lowest BCUT2D eigenvalue weighted by molar-refractivity contribution is -0.193. The first-order valence-electron chi connectivity index (χ1n) is 7.97. The lowest BCUT2D eigenvalue weighted by atomic mass is 10.0. The number of nitrogens with zero attached hydrogens (tertiary/aromatic N) is 1. The Balaban J connectivity index is 1.68. The summed E-state index contributed by atoms with van der Waals surface area (Å²) in [6.07, 6.45) is 2.01. The number of hydrogen-bond acceptors (Lipinski definition) is 2. The maximum atomic E-state index is 6.50. The van der Waals surface area contributed by atoms with Gasteiger partial charge in [0.1, 0.15) is 6.04 Å². The van der Waals surface area contributed by atoms with Gasteiger partial charge in [-0.2, -0.15) is 5.06 Å². The summed E-state index contributed by atoms with van der Waals surface area (Å²) >= 11 is 6.50. The number of hydrogen-bond donors (Lipinski definition) is 0. The molecule has 0 amide bonds. The molecule has 1 saturated heterocycles. The van der Waals surface area contributed by atoms with Gasteiger partial charge in [-0.25, -0.2) is 0 Å². The molecule has 2 nitrogen and oxygen atoms in total. The van der Waals surface area contributed by atoms with E-state index in [9.17, 15) is 0 Å². The molecular weight excluding hydrogens is 306 g/mol. The molecule has 3 heteroatoms. The minimum absolute atomic E-state index is 0.00395. The van der Waals surface area contributed by atoms with Crippen molar-refractivity contribution in [3.05, 3.63) is 71.8 Å². The molecular formula is C20H20ClNO. The van der Waals surface area contributed by atoms with Crippen molar-refractivity contribution in [1.29, 1.82) is 0 Å². The zero-order valence-electron chi connectivity index (χ0n) is 13.0. The Labute approximate surface area is 143 Å². The molecule has 1 heterocycles. The fourth-order valence-electron chi connectivity index (χ4n) is 2.64. The van der Waals surface area contributed by atoms with E-state index >= 15 is 0 Å². The van der Waals surface area contributed by atoms with Gasteiger partial charge < -0.3 is 0 Å². The highest BCUT2D eigenvalue weighted by Gasteiger charge is 2.29. The summed E-state index contributed by atoms with van der Waals surface area (Å²) in [5, 5.41) is 1.94. The Kier molecular flexibility index (Phi) is 5.71. The summed E-state index contributed by atoms with van der Waals surface area (Å²) in [5.41, 5.74) is 2.16. The first kappa shape index (κ1) is 16.1. The number of alkyl halides is 1. The van der Waals surface area contributed by atoms with Crippen molar-refractivity contribution < 1.29 is 4.84 Å². The first-order valence-corrected chi connectivity index (χ1v) is 8.41. The number of benzene rings is 2. The van der Waals surface area contributed by atoms with Gasteiger partial charge in [-0.1, -0.05) is 60.4 Å². The van der Waals surface area contributed by atoms with E-state index in [4.69, 9.17) is 16.4 Å². The summed E-state index contributed by atoms with van der Waals surface area (Å²) < 4.78 is 0. The highest BCUT2D eigenvalue weighted by molar-refractivity contribution is 6.21. The third-order valence-electron chi connectivity index (χ3n) is 3.89. The predicted molar refractivity (Wildman–Crippen MR) is 93.9 cm³/mol. The molecule has 0 bridgehead atoms. The topological polar surface area (TPSA) is 12.5 Å². The third kappa shape index (κ3) is 4.59. The normalized spacial score (nSPS) is 21.4. The third-order valence-corrected chi connectivity index (χ3v) is 4.35. The summed E-state index contributed by atoms with van der Waals surface area (Å²) in [6, 6.07) is 20.1. The molecule has 118 valence electrons. The Morgan fingerprint density at radius 3 is 2.48 bits per heavy atom. The maximum Gasteiger partial charge on any atom is 0.112 e. The molecule has 2 aromatic rings. The van der Waals surface area contributed by atoms with E-state index in [1.807, 2.05) is 53.6 Å². The summed E-state index contributed by atoms with van der Waals surface area (Å²) in [4.78, 5) is 5.99. The molecule has 0 radical (unpaired) electrons. The number of piperidine rings is 1. The van der Waals surface area contributed by atoms with E-state index in [0.717, 1.165) is 30.5 Å². The highest BCUT2D eigenvalue weighted by Crippen LogP contribution is 2.23. The van der Waals surface area contributed by atoms with Crippen molar-refractivity contribution in [3.8, 4) is 11.8 Å². The molecule has 2 atom stereocenters. The van der Waals surface area contributed by atoms with Crippen LogP contribution in [-0.4, -0.2) is 23.0 Å². The molecule has 1 fully saturated rings. The van der Waals surface area contributed by atoms with Gasteiger partial charge in [-0.3, -0.25) is 4.84 Å². The van der Waals surface area contributed by atoms with Gasteiger partial charge in [-0.15, -0.1) is 11.6 Å². The zero-order valence-corrected chi connectivity index (χ0v) is 13.7. The molecule has 0 aliphatic carbocycles. The van der Waals surface area contributed by atoms with Crippen LogP contribution in [0, 0.1) is 11.8 Å². The average Bonchev–Trinajstić information content (AvgIpc) is 2.61. The molecule has 2 aromatic carbocycles. The monoisotopic (exact) mass is 325 g/mol. The van der Waals surface area contributed by atoms with Crippen molar-refractivity contribution in [2.75, 3.05) is 6.54 Å². The maximum absolute atomic E-state index is 6.50. The largest absolute Gasteiger partial charge is 0.293 e. The van der Waals surface area contributed by atoms with Crippen LogP contribution in [0.5, 0.6) is 0 Å². The molecule has 0 spiro atoms. The fourth-order valence-corrected chi connectivity index (χ4v) is 2.98. The van der Waals surface area contributed by atoms with Crippen LogP contribution in [0.4, 0.5) is 0 Å². The molecule has 0 aromatic heterocycles. The smallest absolute Gasteiger partial charge is 0.112 e. The molecule has 0 saturated carbocycles. The lowest BCUT2D eigenvalue weighted by Crippen LogP contribution is -2.45. The zero-order chi connectivity index (χ0) is 15.9. The minimum Gasteiger partial charge on any atom is -0.293 e. The number of rotatable bonds is 3. The van der Waals surface area contributed by atoms with E-state index in [1.54, 1.807) is 0 Å². The standard InChI is InChI=1S/C20H20ClNO/c21-19-12-7-15-22(23-16-18-10-5-2-6-11-18)20(19)14-13-17-8-3-1-4-9-17/h1-6,8-11,19-20H,7,12,15-16H2. The van der Waals surface area contributed by atoms with Gasteiger partial charge in [0.25, 0.3) is 0 Å². The van der Waals surface area contributed by atoms with Crippen LogP contribution in [0.25, 0.3) is 0 Å². The molecule has 1 aliphatic rings. The van der Waals surface area contributed by atoms with E-state index in [0.29, 0.717) is 6.61 Å². The van der Waals surface area contributed by atoms with Crippen molar-refractivity contribution in [3.63, 3.8) is 0 Å². The Morgan fingerprint density at radius 1 is 1.04 bits per heavy atom. The van der Waals surface area contributed by atoms with E-state index < -0.39 is 0 Å². The fraction of sp³-hybridized carbons (Fsp3) is 0.300. The van der Waals surface area contributed by atoms with Crippen molar-refractivity contribution in [2.24, 2.45) is 0 Å². The minimum atomic E-state index is -0.0747. The molecule has 23 heavy (non-hydrogen) atoms. The van der Waals surface area contributed by atoms with Crippen molar-refractivity contribution in [2.45, 2.75) is 30.9 Å². The second-order valence-electron chi connectivity index (χ2n) is 5.64. The van der Waals surface area contributed by atoms with Gasteiger partial charge in [0.2, 0.25) is 0 Å². The Bertz CT molecular complexity index is 662. The van der Waals surface area contributed by atoms with Gasteiger partial charge in [0, 0.05) is 12.1 Å². The molecule has 2 unspecified atom stereocenters. The second-order valence-corrected chi connectivity index (χ2v) is 6.20.